The summed E-state index contributed by atoms with van der Waals surface area (Å²) in [4.78, 5) is 32.3. The fraction of sp³-hybridized carbons (Fsp3) is 0.286. The molecule has 0 saturated carbocycles. The number of amides is 2. The van der Waals surface area contributed by atoms with Gasteiger partial charge in [-0.25, -0.2) is 4.98 Å². The SMILES string of the molecule is O=C(CN1CCc2nc(NC(=O)c3ccoc3)sc2C1)NCc1ccc2c(c1)OCO2. The third kappa shape index (κ3) is 4.39. The van der Waals surface area contributed by atoms with Crippen LogP contribution in [0.1, 0.15) is 26.5 Å². The molecule has 9 nitrogen and oxygen atoms in total. The van der Waals surface area contributed by atoms with Crippen molar-refractivity contribution >= 4 is 28.3 Å². The summed E-state index contributed by atoms with van der Waals surface area (Å²) < 4.78 is 15.6. The minimum Gasteiger partial charge on any atom is -0.472 e. The molecule has 2 aliphatic heterocycles. The van der Waals surface area contributed by atoms with Crippen molar-refractivity contribution in [3.05, 3.63) is 58.5 Å². The van der Waals surface area contributed by atoms with Crippen molar-refractivity contribution in [1.82, 2.24) is 15.2 Å². The molecule has 0 aliphatic carbocycles. The molecule has 0 fully saturated rings. The van der Waals surface area contributed by atoms with Gasteiger partial charge in [-0.1, -0.05) is 6.07 Å². The number of carbonyl (C=O) groups excluding carboxylic acids is 2. The second-order valence-electron chi connectivity index (χ2n) is 7.28. The van der Waals surface area contributed by atoms with Crippen LogP contribution in [-0.4, -0.2) is 41.6 Å². The van der Waals surface area contributed by atoms with E-state index in [9.17, 15) is 9.59 Å². The molecule has 160 valence electrons. The molecule has 0 bridgehead atoms. The van der Waals surface area contributed by atoms with Gasteiger partial charge in [0.15, 0.2) is 16.6 Å². The minimum atomic E-state index is -0.250. The molecule has 3 aromatic rings. The summed E-state index contributed by atoms with van der Waals surface area (Å²) in [5, 5.41) is 6.32. The molecule has 4 heterocycles. The van der Waals surface area contributed by atoms with Gasteiger partial charge in [0.1, 0.15) is 6.26 Å². The highest BCUT2D eigenvalue weighted by atomic mass is 32.1. The van der Waals surface area contributed by atoms with E-state index in [1.807, 2.05) is 18.2 Å². The van der Waals surface area contributed by atoms with Gasteiger partial charge in [0.05, 0.1) is 24.1 Å². The van der Waals surface area contributed by atoms with Crippen molar-refractivity contribution in [3.8, 4) is 11.5 Å². The van der Waals surface area contributed by atoms with Gasteiger partial charge in [0.2, 0.25) is 12.7 Å². The fourth-order valence-electron chi connectivity index (χ4n) is 3.51. The molecule has 2 amide bonds. The standard InChI is InChI=1S/C21H20N4O5S/c26-19(22-8-13-1-2-16-17(7-13)30-12-29-16)10-25-5-3-15-18(9-25)31-21(23-15)24-20(27)14-4-6-28-11-14/h1-2,4,6-7,11H,3,5,8-10,12H2,(H,22,26)(H,23,24,27). The highest BCUT2D eigenvalue weighted by Gasteiger charge is 2.23. The first-order valence-electron chi connectivity index (χ1n) is 9.84. The highest BCUT2D eigenvalue weighted by Crippen LogP contribution is 2.32. The first-order chi connectivity index (χ1) is 15.1. The van der Waals surface area contributed by atoms with Gasteiger partial charge in [-0.15, -0.1) is 11.3 Å². The number of benzene rings is 1. The van der Waals surface area contributed by atoms with Crippen molar-refractivity contribution in [3.63, 3.8) is 0 Å². The molecule has 0 saturated heterocycles. The van der Waals surface area contributed by atoms with Gasteiger partial charge < -0.3 is 19.2 Å². The molecule has 2 aromatic heterocycles. The van der Waals surface area contributed by atoms with Gasteiger partial charge in [0, 0.05) is 30.9 Å². The van der Waals surface area contributed by atoms with Crippen LogP contribution in [0.3, 0.4) is 0 Å². The summed E-state index contributed by atoms with van der Waals surface area (Å²) in [6.07, 6.45) is 3.59. The normalized spacial score (nSPS) is 14.8. The third-order valence-corrected chi connectivity index (χ3v) is 6.11. The second kappa shape index (κ2) is 8.40. The smallest absolute Gasteiger partial charge is 0.260 e. The van der Waals surface area contributed by atoms with E-state index in [1.165, 1.54) is 23.9 Å². The summed E-state index contributed by atoms with van der Waals surface area (Å²) >= 11 is 1.44. The number of anilines is 1. The maximum absolute atomic E-state index is 12.4. The lowest BCUT2D eigenvalue weighted by molar-refractivity contribution is -0.122. The number of thiazole rings is 1. The first-order valence-corrected chi connectivity index (χ1v) is 10.7. The van der Waals surface area contributed by atoms with E-state index in [4.69, 9.17) is 13.9 Å². The predicted molar refractivity (Wildman–Crippen MR) is 112 cm³/mol. The number of furan rings is 1. The first kappa shape index (κ1) is 19.6. The third-order valence-electron chi connectivity index (χ3n) is 5.11. The largest absolute Gasteiger partial charge is 0.472 e. The number of hydrogen-bond donors (Lipinski definition) is 2. The van der Waals surface area contributed by atoms with Gasteiger partial charge in [-0.3, -0.25) is 19.8 Å². The minimum absolute atomic E-state index is 0.0425. The number of nitrogens with one attached hydrogen (secondary N) is 2. The monoisotopic (exact) mass is 440 g/mol. The van der Waals surface area contributed by atoms with Crippen molar-refractivity contribution in [2.45, 2.75) is 19.5 Å². The molecule has 0 radical (unpaired) electrons. The topological polar surface area (TPSA) is 106 Å². The lowest BCUT2D eigenvalue weighted by Crippen LogP contribution is -2.39. The number of aromatic nitrogens is 1. The Bertz CT molecular complexity index is 1110. The zero-order valence-electron chi connectivity index (χ0n) is 16.6. The van der Waals surface area contributed by atoms with Crippen LogP contribution in [0, 0.1) is 0 Å². The Morgan fingerprint density at radius 1 is 1.19 bits per heavy atom. The molecule has 10 heteroatoms. The molecule has 0 unspecified atom stereocenters. The van der Waals surface area contributed by atoms with Crippen LogP contribution < -0.4 is 20.1 Å². The number of hydrogen-bond acceptors (Lipinski definition) is 8. The Kier molecular flexibility index (Phi) is 5.31. The maximum Gasteiger partial charge on any atom is 0.260 e. The lowest BCUT2D eigenvalue weighted by atomic mass is 10.2. The Morgan fingerprint density at radius 2 is 2.10 bits per heavy atom. The zero-order chi connectivity index (χ0) is 21.2. The summed E-state index contributed by atoms with van der Waals surface area (Å²) in [7, 11) is 0. The van der Waals surface area contributed by atoms with Crippen molar-refractivity contribution in [2.24, 2.45) is 0 Å². The molecule has 2 N–H and O–H groups in total. The number of nitrogens with zero attached hydrogens (tertiary/aromatic N) is 2. The Hall–Kier alpha value is -3.37. The van der Waals surface area contributed by atoms with E-state index in [-0.39, 0.29) is 18.6 Å². The molecule has 0 atom stereocenters. The van der Waals surface area contributed by atoms with Crippen molar-refractivity contribution in [2.75, 3.05) is 25.2 Å². The molecule has 31 heavy (non-hydrogen) atoms. The lowest BCUT2D eigenvalue weighted by Gasteiger charge is -2.25. The van der Waals surface area contributed by atoms with Crippen LogP contribution in [0.5, 0.6) is 11.5 Å². The van der Waals surface area contributed by atoms with E-state index in [0.29, 0.717) is 36.1 Å². The predicted octanol–water partition coefficient (Wildman–Crippen LogP) is 2.39. The average molecular weight is 440 g/mol. The Morgan fingerprint density at radius 3 is 2.97 bits per heavy atom. The number of rotatable bonds is 6. The van der Waals surface area contributed by atoms with Crippen LogP contribution in [-0.2, 0) is 24.3 Å². The van der Waals surface area contributed by atoms with Gasteiger partial charge in [-0.05, 0) is 23.8 Å². The van der Waals surface area contributed by atoms with Gasteiger partial charge in [-0.2, -0.15) is 0 Å². The number of carbonyl (C=O) groups is 2. The van der Waals surface area contributed by atoms with E-state index >= 15 is 0 Å². The van der Waals surface area contributed by atoms with Crippen LogP contribution >= 0.6 is 11.3 Å². The molecule has 0 spiro atoms. The highest BCUT2D eigenvalue weighted by molar-refractivity contribution is 7.15. The molecule has 1 aromatic carbocycles. The zero-order valence-corrected chi connectivity index (χ0v) is 17.4. The number of fused-ring (bicyclic) bond motifs is 2. The van der Waals surface area contributed by atoms with E-state index in [2.05, 4.69) is 20.5 Å². The Labute approximate surface area is 182 Å². The second-order valence-corrected chi connectivity index (χ2v) is 8.36. The van der Waals surface area contributed by atoms with Crippen molar-refractivity contribution in [1.29, 1.82) is 0 Å². The summed E-state index contributed by atoms with van der Waals surface area (Å²) in [5.41, 5.74) is 2.39. The van der Waals surface area contributed by atoms with Crippen LogP contribution in [0.15, 0.2) is 41.2 Å². The maximum atomic E-state index is 12.4. The van der Waals surface area contributed by atoms with Gasteiger partial charge in [0.25, 0.3) is 5.91 Å². The van der Waals surface area contributed by atoms with Gasteiger partial charge >= 0.3 is 0 Å². The molecular formula is C21H20N4O5S. The van der Waals surface area contributed by atoms with E-state index in [0.717, 1.165) is 34.8 Å². The van der Waals surface area contributed by atoms with E-state index < -0.39 is 0 Å². The Balaban J connectivity index is 1.13. The number of ether oxygens (including phenoxy) is 2. The van der Waals surface area contributed by atoms with Crippen molar-refractivity contribution < 1.29 is 23.5 Å². The quantitative estimate of drug-likeness (QED) is 0.606. The molecular weight excluding hydrogens is 420 g/mol. The van der Waals surface area contributed by atoms with Crippen LogP contribution in [0.25, 0.3) is 0 Å². The fourth-order valence-corrected chi connectivity index (χ4v) is 4.56. The summed E-state index contributed by atoms with van der Waals surface area (Å²) in [6, 6.07) is 7.25. The van der Waals surface area contributed by atoms with E-state index in [1.54, 1.807) is 6.07 Å². The summed E-state index contributed by atoms with van der Waals surface area (Å²) in [6.45, 7) is 2.33. The average Bonchev–Trinajstić information content (AvgIpc) is 3.51. The molecule has 5 rings (SSSR count). The van der Waals surface area contributed by atoms with Crippen LogP contribution in [0.4, 0.5) is 5.13 Å². The van der Waals surface area contributed by atoms with Crippen LogP contribution in [0.2, 0.25) is 0 Å². The molecule has 2 aliphatic rings. The summed E-state index contributed by atoms with van der Waals surface area (Å²) in [5.74, 6) is 1.14.